The number of nitro groups is 1. The van der Waals surface area contributed by atoms with Gasteiger partial charge in [-0.15, -0.1) is 0 Å². The zero-order valence-electron chi connectivity index (χ0n) is 13.2. The van der Waals surface area contributed by atoms with E-state index < -0.39 is 4.92 Å². The van der Waals surface area contributed by atoms with Gasteiger partial charge in [-0.25, -0.2) is 0 Å². The lowest BCUT2D eigenvalue weighted by atomic mass is 10.1. The van der Waals surface area contributed by atoms with Crippen LogP contribution in [0.15, 0.2) is 36.8 Å². The average Bonchev–Trinajstić information content (AvgIpc) is 3.39. The topological polar surface area (TPSA) is 101 Å². The Morgan fingerprint density at radius 2 is 2.21 bits per heavy atom. The molecular formula is C16H17N5O3. The summed E-state index contributed by atoms with van der Waals surface area (Å²) in [5, 5.41) is 14.2. The normalized spacial score (nSPS) is 13.4. The van der Waals surface area contributed by atoms with Crippen LogP contribution in [0.1, 0.15) is 28.9 Å². The quantitative estimate of drug-likeness (QED) is 0.642. The van der Waals surface area contributed by atoms with Crippen molar-refractivity contribution >= 4 is 17.3 Å². The average molecular weight is 327 g/mol. The highest BCUT2D eigenvalue weighted by Crippen LogP contribution is 2.29. The highest BCUT2D eigenvalue weighted by atomic mass is 16.6. The van der Waals surface area contributed by atoms with E-state index in [1.165, 1.54) is 6.07 Å². The van der Waals surface area contributed by atoms with Gasteiger partial charge >= 0.3 is 0 Å². The molecule has 0 radical (unpaired) electrons. The van der Waals surface area contributed by atoms with Crippen LogP contribution in [0.3, 0.4) is 0 Å². The summed E-state index contributed by atoms with van der Waals surface area (Å²) in [6.07, 6.45) is 6.68. The van der Waals surface area contributed by atoms with E-state index in [9.17, 15) is 14.9 Å². The van der Waals surface area contributed by atoms with Crippen molar-refractivity contribution in [3.8, 4) is 0 Å². The molecule has 1 saturated carbocycles. The van der Waals surface area contributed by atoms with E-state index in [-0.39, 0.29) is 17.6 Å². The minimum atomic E-state index is -0.476. The van der Waals surface area contributed by atoms with Crippen LogP contribution in [0.2, 0.25) is 0 Å². The third kappa shape index (κ3) is 3.65. The van der Waals surface area contributed by atoms with Crippen LogP contribution < -0.4 is 10.2 Å². The van der Waals surface area contributed by atoms with E-state index in [4.69, 9.17) is 0 Å². The molecule has 0 unspecified atom stereocenters. The standard InChI is InChI=1S/C16H17N5O3/c1-20(10-13-9-17-6-7-18-13)14-5-2-11(8-15(14)21(23)24)16(22)19-12-3-4-12/h2,5-9,12H,3-4,10H2,1H3,(H,19,22). The Morgan fingerprint density at radius 3 is 2.83 bits per heavy atom. The maximum Gasteiger partial charge on any atom is 0.293 e. The van der Waals surface area contributed by atoms with Crippen molar-refractivity contribution in [3.63, 3.8) is 0 Å². The van der Waals surface area contributed by atoms with Crippen LogP contribution in [0, 0.1) is 10.1 Å². The fourth-order valence-electron chi connectivity index (χ4n) is 2.37. The summed E-state index contributed by atoms with van der Waals surface area (Å²) < 4.78 is 0. The van der Waals surface area contributed by atoms with Gasteiger partial charge in [0.1, 0.15) is 5.69 Å². The predicted molar refractivity (Wildman–Crippen MR) is 87.7 cm³/mol. The molecule has 8 nitrogen and oxygen atoms in total. The Morgan fingerprint density at radius 1 is 1.42 bits per heavy atom. The van der Waals surface area contributed by atoms with Gasteiger partial charge in [-0.05, 0) is 25.0 Å². The number of nitrogens with one attached hydrogen (secondary N) is 1. The summed E-state index contributed by atoms with van der Waals surface area (Å²) in [4.78, 5) is 32.9. The van der Waals surface area contributed by atoms with Crippen LogP contribution in [0.5, 0.6) is 0 Å². The van der Waals surface area contributed by atoms with Gasteiger partial charge in [0, 0.05) is 37.1 Å². The first-order valence-electron chi connectivity index (χ1n) is 7.60. The first-order chi connectivity index (χ1) is 11.5. The number of benzene rings is 1. The molecule has 1 fully saturated rings. The number of nitrogens with zero attached hydrogens (tertiary/aromatic N) is 4. The summed E-state index contributed by atoms with van der Waals surface area (Å²) in [5.41, 5.74) is 1.31. The van der Waals surface area contributed by atoms with Crippen molar-refractivity contribution in [2.75, 3.05) is 11.9 Å². The van der Waals surface area contributed by atoms with Crippen LogP contribution in [0.25, 0.3) is 0 Å². The summed E-state index contributed by atoms with van der Waals surface area (Å²) >= 11 is 0. The van der Waals surface area contributed by atoms with E-state index in [2.05, 4.69) is 15.3 Å². The molecule has 0 atom stereocenters. The largest absolute Gasteiger partial charge is 0.363 e. The predicted octanol–water partition coefficient (Wildman–Crippen LogP) is 1.91. The fraction of sp³-hybridized carbons (Fsp3) is 0.312. The molecule has 0 aliphatic heterocycles. The van der Waals surface area contributed by atoms with Crippen LogP contribution >= 0.6 is 0 Å². The lowest BCUT2D eigenvalue weighted by molar-refractivity contribution is -0.384. The summed E-state index contributed by atoms with van der Waals surface area (Å²) in [5.74, 6) is -0.274. The molecule has 2 aromatic rings. The first-order valence-corrected chi connectivity index (χ1v) is 7.60. The minimum absolute atomic E-state index is 0.107. The number of nitro benzene ring substituents is 1. The number of hydrogen-bond donors (Lipinski definition) is 1. The molecule has 1 aromatic carbocycles. The molecule has 1 amide bonds. The lowest BCUT2D eigenvalue weighted by Gasteiger charge is -2.19. The zero-order valence-corrected chi connectivity index (χ0v) is 13.2. The smallest absolute Gasteiger partial charge is 0.293 e. The number of aromatic nitrogens is 2. The molecule has 8 heteroatoms. The molecule has 1 aromatic heterocycles. The van der Waals surface area contributed by atoms with Crippen LogP contribution in [-0.4, -0.2) is 33.9 Å². The van der Waals surface area contributed by atoms with Crippen LogP contribution in [0.4, 0.5) is 11.4 Å². The number of rotatable bonds is 6. The SMILES string of the molecule is CN(Cc1cnccn1)c1ccc(C(=O)NC2CC2)cc1[N+](=O)[O-]. The second-order valence-electron chi connectivity index (χ2n) is 5.76. The molecule has 0 spiro atoms. The van der Waals surface area contributed by atoms with E-state index in [0.29, 0.717) is 23.5 Å². The van der Waals surface area contributed by atoms with E-state index in [1.807, 2.05) is 0 Å². The number of anilines is 1. The molecule has 1 N–H and O–H groups in total. The number of amides is 1. The number of carbonyl (C=O) groups excluding carboxylic acids is 1. The zero-order chi connectivity index (χ0) is 17.1. The van der Waals surface area contributed by atoms with E-state index in [1.54, 1.807) is 42.7 Å². The molecule has 1 heterocycles. The number of carbonyl (C=O) groups is 1. The van der Waals surface area contributed by atoms with Crippen molar-refractivity contribution in [3.05, 3.63) is 58.2 Å². The van der Waals surface area contributed by atoms with Gasteiger partial charge in [0.05, 0.1) is 23.4 Å². The molecule has 3 rings (SSSR count). The highest BCUT2D eigenvalue weighted by molar-refractivity contribution is 5.96. The monoisotopic (exact) mass is 327 g/mol. The van der Waals surface area contributed by atoms with Crippen molar-refractivity contribution < 1.29 is 9.72 Å². The third-order valence-corrected chi connectivity index (χ3v) is 3.77. The van der Waals surface area contributed by atoms with Gasteiger partial charge in [-0.2, -0.15) is 0 Å². The second kappa shape index (κ2) is 6.61. The Hall–Kier alpha value is -3.03. The molecule has 0 saturated heterocycles. The third-order valence-electron chi connectivity index (χ3n) is 3.77. The van der Waals surface area contributed by atoms with Gasteiger partial charge in [0.25, 0.3) is 11.6 Å². The molecular weight excluding hydrogens is 310 g/mol. The van der Waals surface area contributed by atoms with Crippen LogP contribution in [-0.2, 0) is 6.54 Å². The van der Waals surface area contributed by atoms with Crippen molar-refractivity contribution in [2.45, 2.75) is 25.4 Å². The molecule has 1 aliphatic carbocycles. The van der Waals surface area contributed by atoms with Gasteiger partial charge < -0.3 is 10.2 Å². The van der Waals surface area contributed by atoms with Gasteiger partial charge in [-0.3, -0.25) is 24.9 Å². The maximum atomic E-state index is 12.1. The van der Waals surface area contributed by atoms with Gasteiger partial charge in [0.2, 0.25) is 0 Å². The maximum absolute atomic E-state index is 12.1. The molecule has 24 heavy (non-hydrogen) atoms. The fourth-order valence-corrected chi connectivity index (χ4v) is 2.37. The minimum Gasteiger partial charge on any atom is -0.363 e. The van der Waals surface area contributed by atoms with E-state index in [0.717, 1.165) is 12.8 Å². The summed E-state index contributed by atoms with van der Waals surface area (Å²) in [7, 11) is 1.74. The molecule has 0 bridgehead atoms. The Balaban J connectivity index is 1.83. The Labute approximate surface area is 138 Å². The Kier molecular flexibility index (Phi) is 4.37. The van der Waals surface area contributed by atoms with Gasteiger partial charge in [-0.1, -0.05) is 0 Å². The lowest BCUT2D eigenvalue weighted by Crippen LogP contribution is -2.25. The molecule has 124 valence electrons. The summed E-state index contributed by atoms with van der Waals surface area (Å²) in [6, 6.07) is 4.72. The van der Waals surface area contributed by atoms with Crippen molar-refractivity contribution in [2.24, 2.45) is 0 Å². The second-order valence-corrected chi connectivity index (χ2v) is 5.76. The summed E-state index contributed by atoms with van der Waals surface area (Å²) in [6.45, 7) is 0.377. The van der Waals surface area contributed by atoms with Crippen molar-refractivity contribution in [1.82, 2.24) is 15.3 Å². The molecule has 1 aliphatic rings. The Bertz CT molecular complexity index is 762. The highest BCUT2D eigenvalue weighted by Gasteiger charge is 2.26. The number of hydrogen-bond acceptors (Lipinski definition) is 6. The van der Waals surface area contributed by atoms with Gasteiger partial charge in [0.15, 0.2) is 0 Å². The van der Waals surface area contributed by atoms with Crippen molar-refractivity contribution in [1.29, 1.82) is 0 Å². The first kappa shape index (κ1) is 15.9. The van der Waals surface area contributed by atoms with E-state index >= 15 is 0 Å².